The highest BCUT2D eigenvalue weighted by molar-refractivity contribution is 6.52. The normalized spacial score (nSPS) is 16.6. The van der Waals surface area contributed by atoms with Crippen molar-refractivity contribution in [2.75, 3.05) is 16.5 Å². The van der Waals surface area contributed by atoms with E-state index in [-0.39, 0.29) is 11.3 Å². The lowest BCUT2D eigenvalue weighted by Crippen LogP contribution is -2.28. The van der Waals surface area contributed by atoms with Crippen LogP contribution in [0.25, 0.3) is 6.08 Å². The van der Waals surface area contributed by atoms with E-state index in [1.54, 1.807) is 30.3 Å². The molecular weight excluding hydrogens is 438 g/mol. The molecule has 2 aliphatic heterocycles. The second-order valence-corrected chi connectivity index (χ2v) is 8.54. The highest BCUT2D eigenvalue weighted by Gasteiger charge is 2.34. The number of hydrogen-bond acceptors (Lipinski definition) is 4. The number of rotatable bonds is 6. The molecule has 3 aromatic carbocycles. The maximum atomic E-state index is 12.9. The van der Waals surface area contributed by atoms with E-state index in [0.717, 1.165) is 36.5 Å². The lowest BCUT2D eigenvalue weighted by Gasteiger charge is -2.31. The molecule has 2 heterocycles. The maximum Gasteiger partial charge on any atom is 0.357 e. The Morgan fingerprint density at radius 3 is 2.49 bits per heavy atom. The van der Waals surface area contributed by atoms with Gasteiger partial charge in [-0.1, -0.05) is 66.7 Å². The van der Waals surface area contributed by atoms with Crippen LogP contribution in [0.5, 0.6) is 0 Å². The predicted octanol–water partition coefficient (Wildman–Crippen LogP) is 5.07. The van der Waals surface area contributed by atoms with Crippen LogP contribution in [-0.2, 0) is 22.6 Å². The minimum absolute atomic E-state index is 0.0598. The molecule has 6 nitrogen and oxygen atoms in total. The fourth-order valence-corrected chi connectivity index (χ4v) is 4.49. The number of amides is 1. The summed E-state index contributed by atoms with van der Waals surface area (Å²) in [6.07, 6.45) is 7.25. The van der Waals surface area contributed by atoms with Crippen LogP contribution >= 0.6 is 0 Å². The van der Waals surface area contributed by atoms with Crippen molar-refractivity contribution in [2.24, 2.45) is 5.10 Å². The van der Waals surface area contributed by atoms with Crippen LogP contribution in [0, 0.1) is 0 Å². The number of hydrazone groups is 1. The van der Waals surface area contributed by atoms with E-state index in [0.29, 0.717) is 5.69 Å². The molecule has 0 saturated carbocycles. The molecule has 1 amide bonds. The van der Waals surface area contributed by atoms with Gasteiger partial charge < -0.3 is 10.0 Å². The molecule has 0 fully saturated rings. The molecule has 0 spiro atoms. The minimum atomic E-state index is -1.23. The average molecular weight is 464 g/mol. The fourth-order valence-electron chi connectivity index (χ4n) is 4.49. The first-order chi connectivity index (χ1) is 17.1. The van der Waals surface area contributed by atoms with Gasteiger partial charge in [0.25, 0.3) is 5.91 Å². The molecule has 1 N–H and O–H groups in total. The van der Waals surface area contributed by atoms with Gasteiger partial charge in [0.15, 0.2) is 5.71 Å². The largest absolute Gasteiger partial charge is 0.476 e. The predicted molar refractivity (Wildman–Crippen MR) is 138 cm³/mol. The number of carboxylic acid groups (broad SMARTS) is 1. The van der Waals surface area contributed by atoms with E-state index in [1.807, 2.05) is 18.2 Å². The Morgan fingerprint density at radius 1 is 1.00 bits per heavy atom. The molecule has 0 aliphatic carbocycles. The van der Waals surface area contributed by atoms with Crippen molar-refractivity contribution in [2.45, 2.75) is 19.4 Å². The maximum absolute atomic E-state index is 12.9. The molecule has 0 aromatic heterocycles. The van der Waals surface area contributed by atoms with Crippen molar-refractivity contribution in [1.82, 2.24) is 0 Å². The Kier molecular flexibility index (Phi) is 6.26. The summed E-state index contributed by atoms with van der Waals surface area (Å²) in [5.74, 6) is -1.69. The van der Waals surface area contributed by atoms with Crippen LogP contribution in [0.3, 0.4) is 0 Å². The molecule has 0 saturated heterocycles. The number of carbonyl (C=O) groups is 2. The quantitative estimate of drug-likeness (QED) is 0.518. The second-order valence-electron chi connectivity index (χ2n) is 8.54. The van der Waals surface area contributed by atoms with Gasteiger partial charge in [0.1, 0.15) is 0 Å². The van der Waals surface area contributed by atoms with Crippen molar-refractivity contribution in [1.29, 1.82) is 0 Å². The monoisotopic (exact) mass is 463 g/mol. The number of anilines is 2. The van der Waals surface area contributed by atoms with Crippen LogP contribution in [0.2, 0.25) is 0 Å². The van der Waals surface area contributed by atoms with Crippen molar-refractivity contribution in [3.05, 3.63) is 113 Å². The van der Waals surface area contributed by atoms with Crippen molar-refractivity contribution in [3.8, 4) is 0 Å². The first-order valence-corrected chi connectivity index (χ1v) is 11.6. The smallest absolute Gasteiger partial charge is 0.357 e. The third kappa shape index (κ3) is 4.77. The van der Waals surface area contributed by atoms with Gasteiger partial charge in [-0.05, 0) is 59.9 Å². The van der Waals surface area contributed by atoms with Crippen molar-refractivity contribution >= 4 is 35.0 Å². The zero-order valence-electron chi connectivity index (χ0n) is 19.2. The highest BCUT2D eigenvalue weighted by Crippen LogP contribution is 2.30. The van der Waals surface area contributed by atoms with Gasteiger partial charge in [-0.15, -0.1) is 0 Å². The number of para-hydroxylation sites is 1. The highest BCUT2D eigenvalue weighted by atomic mass is 16.4. The number of allylic oxidation sites excluding steroid dienone is 2. The van der Waals surface area contributed by atoms with E-state index in [9.17, 15) is 14.7 Å². The van der Waals surface area contributed by atoms with Crippen LogP contribution in [0.1, 0.15) is 23.1 Å². The van der Waals surface area contributed by atoms with Gasteiger partial charge in [-0.3, -0.25) is 4.79 Å². The van der Waals surface area contributed by atoms with E-state index in [4.69, 9.17) is 0 Å². The summed E-state index contributed by atoms with van der Waals surface area (Å²) in [5, 5.41) is 14.7. The topological polar surface area (TPSA) is 73.2 Å². The molecule has 0 atom stereocenters. The molecule has 0 bridgehead atoms. The molecule has 6 heteroatoms. The summed E-state index contributed by atoms with van der Waals surface area (Å²) in [7, 11) is 0. The van der Waals surface area contributed by atoms with E-state index in [1.165, 1.54) is 22.9 Å². The van der Waals surface area contributed by atoms with Gasteiger partial charge in [-0.2, -0.15) is 10.1 Å². The van der Waals surface area contributed by atoms with Crippen molar-refractivity contribution < 1.29 is 14.7 Å². The Labute approximate surface area is 204 Å². The van der Waals surface area contributed by atoms with Gasteiger partial charge in [0.05, 0.1) is 11.3 Å². The van der Waals surface area contributed by atoms with Crippen LogP contribution in [0.4, 0.5) is 11.4 Å². The first kappa shape index (κ1) is 22.3. The zero-order valence-corrected chi connectivity index (χ0v) is 19.2. The van der Waals surface area contributed by atoms with Gasteiger partial charge >= 0.3 is 5.97 Å². The summed E-state index contributed by atoms with van der Waals surface area (Å²) in [6, 6.07) is 25.6. The van der Waals surface area contributed by atoms with E-state index >= 15 is 0 Å². The summed E-state index contributed by atoms with van der Waals surface area (Å²) in [4.78, 5) is 27.0. The third-order valence-electron chi connectivity index (χ3n) is 6.17. The molecule has 35 heavy (non-hydrogen) atoms. The number of benzene rings is 3. The van der Waals surface area contributed by atoms with Crippen molar-refractivity contribution in [3.63, 3.8) is 0 Å². The molecule has 2 aliphatic rings. The number of nitrogens with zero attached hydrogens (tertiary/aromatic N) is 3. The van der Waals surface area contributed by atoms with Gasteiger partial charge in [0.2, 0.25) is 0 Å². The number of aliphatic carboxylic acids is 1. The van der Waals surface area contributed by atoms with Crippen LogP contribution in [0.15, 0.2) is 102 Å². The lowest BCUT2D eigenvalue weighted by molar-refractivity contribution is -0.129. The number of fused-ring (bicyclic) bond motifs is 1. The molecule has 174 valence electrons. The molecular formula is C29H25N3O3. The van der Waals surface area contributed by atoms with Crippen LogP contribution < -0.4 is 9.91 Å². The number of aryl methyl sites for hydroxylation is 1. The Hall–Kier alpha value is -4.45. The van der Waals surface area contributed by atoms with E-state index < -0.39 is 11.9 Å². The van der Waals surface area contributed by atoms with Gasteiger partial charge in [-0.25, -0.2) is 4.79 Å². The summed E-state index contributed by atoms with van der Waals surface area (Å²) in [5.41, 5.74) is 5.16. The molecule has 3 aromatic rings. The molecule has 0 radical (unpaired) electrons. The Bertz CT molecular complexity index is 1340. The minimum Gasteiger partial charge on any atom is -0.476 e. The summed E-state index contributed by atoms with van der Waals surface area (Å²) >= 11 is 0. The number of carboxylic acids is 1. The zero-order chi connectivity index (χ0) is 24.2. The SMILES string of the molecule is O=C(O)C1=NN(c2ccccc2)C(=O)/C1=C\C=C\c1ccc2c(c1)CCCN2Cc1ccccc1. The average Bonchev–Trinajstić information content (AvgIpc) is 3.22. The van der Waals surface area contributed by atoms with E-state index in [2.05, 4.69) is 52.5 Å². The number of hydrogen-bond donors (Lipinski definition) is 1. The van der Waals surface area contributed by atoms with Crippen LogP contribution in [-0.4, -0.2) is 29.2 Å². The second kappa shape index (κ2) is 9.81. The Balaban J connectivity index is 1.35. The summed E-state index contributed by atoms with van der Waals surface area (Å²) < 4.78 is 0. The Morgan fingerprint density at radius 2 is 1.74 bits per heavy atom. The fraction of sp³-hybridized carbons (Fsp3) is 0.138. The summed E-state index contributed by atoms with van der Waals surface area (Å²) in [6.45, 7) is 1.91. The van der Waals surface area contributed by atoms with Gasteiger partial charge in [0, 0.05) is 18.8 Å². The first-order valence-electron chi connectivity index (χ1n) is 11.6. The lowest BCUT2D eigenvalue weighted by atomic mass is 9.98. The molecule has 0 unspecified atom stereocenters. The standard InChI is InChI=1S/C29H25N3O3/c33-28-25(27(29(34)35)30-32(28)24-13-5-2-6-14-24)15-7-11-21-16-17-26-23(19-21)12-8-18-31(26)20-22-9-3-1-4-10-22/h1-7,9-11,13-17,19H,8,12,18,20H2,(H,34,35)/b11-7+,25-15-. The molecule has 5 rings (SSSR count). The third-order valence-corrected chi connectivity index (χ3v) is 6.17. The number of carbonyl (C=O) groups excluding carboxylic acids is 1.